The van der Waals surface area contributed by atoms with Crippen molar-refractivity contribution in [3.63, 3.8) is 0 Å². The lowest BCUT2D eigenvalue weighted by Gasteiger charge is -2.27. The lowest BCUT2D eigenvalue weighted by Crippen LogP contribution is -2.39. The van der Waals surface area contributed by atoms with Crippen molar-refractivity contribution >= 4 is 32.6 Å². The first-order valence-electron chi connectivity index (χ1n) is 9.93. The summed E-state index contributed by atoms with van der Waals surface area (Å²) in [6.45, 7) is 4.23. The van der Waals surface area contributed by atoms with Gasteiger partial charge in [-0.1, -0.05) is 11.3 Å². The van der Waals surface area contributed by atoms with Crippen molar-refractivity contribution in [2.24, 2.45) is 0 Å². The highest BCUT2D eigenvalue weighted by Crippen LogP contribution is 2.32. The molecule has 6 nitrogen and oxygen atoms in total. The summed E-state index contributed by atoms with van der Waals surface area (Å²) in [5, 5.41) is 9.31. The van der Waals surface area contributed by atoms with Crippen molar-refractivity contribution in [3.8, 4) is 6.07 Å². The molecule has 3 aromatic rings. The number of halogens is 2. The van der Waals surface area contributed by atoms with Gasteiger partial charge in [-0.3, -0.25) is 14.6 Å². The Kier molecular flexibility index (Phi) is 6.51. The maximum atomic E-state index is 14.2. The number of thiazole rings is 1. The van der Waals surface area contributed by atoms with Crippen LogP contribution in [0.1, 0.15) is 22.3 Å². The molecule has 2 heterocycles. The van der Waals surface area contributed by atoms with Crippen molar-refractivity contribution in [2.45, 2.75) is 6.42 Å². The van der Waals surface area contributed by atoms with E-state index in [1.165, 1.54) is 11.0 Å². The molecule has 1 fully saturated rings. The van der Waals surface area contributed by atoms with Crippen LogP contribution in [0.5, 0.6) is 0 Å². The monoisotopic (exact) mass is 442 g/mol. The van der Waals surface area contributed by atoms with E-state index in [-0.39, 0.29) is 11.4 Å². The molecule has 0 atom stereocenters. The zero-order chi connectivity index (χ0) is 21.8. The van der Waals surface area contributed by atoms with Gasteiger partial charge in [0.2, 0.25) is 0 Å². The number of ether oxygens (including phenoxy) is 1. The van der Waals surface area contributed by atoms with E-state index in [0.29, 0.717) is 47.1 Å². The number of fused-ring (bicyclic) bond motifs is 1. The fraction of sp³-hybridized carbons (Fsp3) is 0.318. The number of carbonyl (C=O) groups excluding carboxylic acids is 1. The van der Waals surface area contributed by atoms with Crippen LogP contribution < -0.4 is 4.90 Å². The van der Waals surface area contributed by atoms with E-state index in [1.54, 1.807) is 24.3 Å². The van der Waals surface area contributed by atoms with Crippen LogP contribution in [0, 0.1) is 23.0 Å². The highest BCUT2D eigenvalue weighted by molar-refractivity contribution is 7.22. The summed E-state index contributed by atoms with van der Waals surface area (Å²) in [6, 6.07) is 10.4. The first-order chi connectivity index (χ1) is 15.0. The first-order valence-corrected chi connectivity index (χ1v) is 10.7. The second kappa shape index (κ2) is 9.47. The molecule has 0 bridgehead atoms. The minimum Gasteiger partial charge on any atom is -0.379 e. The number of hydrogen-bond acceptors (Lipinski definition) is 6. The average Bonchev–Trinajstić information content (AvgIpc) is 3.21. The van der Waals surface area contributed by atoms with Crippen molar-refractivity contribution in [2.75, 3.05) is 44.3 Å². The molecule has 0 aliphatic carbocycles. The van der Waals surface area contributed by atoms with Gasteiger partial charge in [0.1, 0.15) is 11.3 Å². The molecule has 0 unspecified atom stereocenters. The quantitative estimate of drug-likeness (QED) is 0.581. The Balaban J connectivity index is 1.60. The van der Waals surface area contributed by atoms with E-state index in [2.05, 4.69) is 9.88 Å². The largest absolute Gasteiger partial charge is 0.379 e. The molecule has 0 saturated carbocycles. The van der Waals surface area contributed by atoms with Crippen LogP contribution in [-0.2, 0) is 4.74 Å². The molecule has 31 heavy (non-hydrogen) atoms. The van der Waals surface area contributed by atoms with Crippen molar-refractivity contribution in [1.82, 2.24) is 9.88 Å². The number of amides is 1. The Hall–Kier alpha value is -2.93. The third-order valence-electron chi connectivity index (χ3n) is 5.10. The molecule has 1 saturated heterocycles. The van der Waals surface area contributed by atoms with Crippen molar-refractivity contribution in [1.29, 1.82) is 5.26 Å². The molecule has 1 aliphatic rings. The lowest BCUT2D eigenvalue weighted by molar-refractivity contribution is 0.0376. The summed E-state index contributed by atoms with van der Waals surface area (Å²) in [6.07, 6.45) is 0.689. The van der Waals surface area contributed by atoms with Crippen LogP contribution in [0.2, 0.25) is 0 Å². The van der Waals surface area contributed by atoms with E-state index in [0.717, 1.165) is 37.0 Å². The van der Waals surface area contributed by atoms with E-state index in [9.17, 15) is 13.6 Å². The van der Waals surface area contributed by atoms with Gasteiger partial charge in [0.15, 0.2) is 10.9 Å². The zero-order valence-corrected chi connectivity index (χ0v) is 17.5. The molecule has 9 heteroatoms. The van der Waals surface area contributed by atoms with Crippen molar-refractivity contribution < 1.29 is 18.3 Å². The Labute approximate surface area is 182 Å². The summed E-state index contributed by atoms with van der Waals surface area (Å²) in [5.74, 6) is -1.74. The number of rotatable bonds is 6. The van der Waals surface area contributed by atoms with Gasteiger partial charge in [-0.05, 0) is 36.8 Å². The minimum absolute atomic E-state index is 0.0483. The summed E-state index contributed by atoms with van der Waals surface area (Å²) in [4.78, 5) is 21.3. The number of anilines is 1. The first kappa shape index (κ1) is 21.3. The molecule has 160 valence electrons. The van der Waals surface area contributed by atoms with Gasteiger partial charge in [0.05, 0.1) is 29.5 Å². The third-order valence-corrected chi connectivity index (χ3v) is 6.12. The number of morpholine rings is 1. The number of benzene rings is 2. The standard InChI is InChI=1S/C22H20F2N4O2S/c23-17-12-18(24)20-19(13-17)31-22(26-20)28(7-1-6-27-8-10-30-11-9-27)21(29)16-4-2-15(14-25)3-5-16/h2-5,12-13H,1,6-11H2. The van der Waals surface area contributed by atoms with Crippen LogP contribution in [0.15, 0.2) is 36.4 Å². The van der Waals surface area contributed by atoms with E-state index in [1.807, 2.05) is 6.07 Å². The number of aromatic nitrogens is 1. The van der Waals surface area contributed by atoms with E-state index >= 15 is 0 Å². The van der Waals surface area contributed by atoms with Gasteiger partial charge in [-0.25, -0.2) is 13.8 Å². The topological polar surface area (TPSA) is 69.5 Å². The average molecular weight is 442 g/mol. The predicted octanol–water partition coefficient (Wildman–Crippen LogP) is 3.82. The molecule has 0 radical (unpaired) electrons. The highest BCUT2D eigenvalue weighted by atomic mass is 32.1. The van der Waals surface area contributed by atoms with Crippen molar-refractivity contribution in [3.05, 3.63) is 59.2 Å². The van der Waals surface area contributed by atoms with Gasteiger partial charge >= 0.3 is 0 Å². The van der Waals surface area contributed by atoms with E-state index < -0.39 is 11.6 Å². The maximum Gasteiger partial charge on any atom is 0.260 e. The molecule has 1 amide bonds. The molecule has 4 rings (SSSR count). The van der Waals surface area contributed by atoms with Crippen LogP contribution >= 0.6 is 11.3 Å². The molecular formula is C22H20F2N4O2S. The molecule has 1 aromatic heterocycles. The Morgan fingerprint density at radius 2 is 1.97 bits per heavy atom. The number of carbonyl (C=O) groups is 1. The minimum atomic E-state index is -0.753. The Morgan fingerprint density at radius 3 is 2.68 bits per heavy atom. The SMILES string of the molecule is N#Cc1ccc(C(=O)N(CCCN2CCOCC2)c2nc3c(F)cc(F)cc3s2)cc1. The van der Waals surface area contributed by atoms with Gasteiger partial charge in [0, 0.05) is 37.8 Å². The normalized spacial score (nSPS) is 14.5. The maximum absolute atomic E-state index is 14.2. The van der Waals surface area contributed by atoms with Gasteiger partial charge in [0.25, 0.3) is 5.91 Å². The number of nitrogens with zero attached hydrogens (tertiary/aromatic N) is 4. The van der Waals surface area contributed by atoms with Crippen LogP contribution in [0.4, 0.5) is 13.9 Å². The summed E-state index contributed by atoms with van der Waals surface area (Å²) in [7, 11) is 0. The predicted molar refractivity (Wildman–Crippen MR) is 114 cm³/mol. The summed E-state index contributed by atoms with van der Waals surface area (Å²) >= 11 is 1.08. The molecular weight excluding hydrogens is 422 g/mol. The lowest BCUT2D eigenvalue weighted by atomic mass is 10.1. The van der Waals surface area contributed by atoms with Gasteiger partial charge < -0.3 is 4.74 Å². The van der Waals surface area contributed by atoms with Gasteiger partial charge in [-0.2, -0.15) is 5.26 Å². The Morgan fingerprint density at radius 1 is 1.23 bits per heavy atom. The second-order valence-electron chi connectivity index (χ2n) is 7.18. The highest BCUT2D eigenvalue weighted by Gasteiger charge is 2.23. The smallest absolute Gasteiger partial charge is 0.260 e. The zero-order valence-electron chi connectivity index (χ0n) is 16.7. The Bertz CT molecular complexity index is 1120. The number of hydrogen-bond donors (Lipinski definition) is 0. The van der Waals surface area contributed by atoms with Crippen LogP contribution in [0.3, 0.4) is 0 Å². The molecule has 0 spiro atoms. The molecule has 0 N–H and O–H groups in total. The van der Waals surface area contributed by atoms with Crippen LogP contribution in [-0.4, -0.2) is 55.2 Å². The third kappa shape index (κ3) is 4.88. The van der Waals surface area contributed by atoms with Crippen LogP contribution in [0.25, 0.3) is 10.2 Å². The summed E-state index contributed by atoms with van der Waals surface area (Å²) < 4.78 is 33.5. The molecule has 1 aliphatic heterocycles. The second-order valence-corrected chi connectivity index (χ2v) is 8.19. The fourth-order valence-corrected chi connectivity index (χ4v) is 4.49. The van der Waals surface area contributed by atoms with E-state index in [4.69, 9.17) is 10.00 Å². The summed E-state index contributed by atoms with van der Waals surface area (Å²) in [5.41, 5.74) is 0.899. The number of nitriles is 1. The van der Waals surface area contributed by atoms with Gasteiger partial charge in [-0.15, -0.1) is 0 Å². The molecule has 2 aromatic carbocycles. The fourth-order valence-electron chi connectivity index (χ4n) is 3.47.